The molecule has 0 aliphatic carbocycles. The summed E-state index contributed by atoms with van der Waals surface area (Å²) in [5, 5.41) is 14.6. The van der Waals surface area contributed by atoms with Crippen molar-refractivity contribution in [2.24, 2.45) is 0 Å². The fourth-order valence-corrected chi connectivity index (χ4v) is 2.44. The molecule has 0 saturated heterocycles. The highest BCUT2D eigenvalue weighted by Gasteiger charge is 2.11. The van der Waals surface area contributed by atoms with Crippen LogP contribution in [0.2, 0.25) is 0 Å². The number of hydrogen-bond acceptors (Lipinski definition) is 4. The van der Waals surface area contributed by atoms with Crippen LogP contribution < -0.4 is 10.6 Å². The van der Waals surface area contributed by atoms with E-state index in [1.807, 2.05) is 12.1 Å². The van der Waals surface area contributed by atoms with Gasteiger partial charge in [0.2, 0.25) is 0 Å². The van der Waals surface area contributed by atoms with E-state index in [9.17, 15) is 9.59 Å². The normalized spacial score (nSPS) is 9.89. The van der Waals surface area contributed by atoms with E-state index < -0.39 is 0 Å². The molecule has 0 aliphatic rings. The van der Waals surface area contributed by atoms with Gasteiger partial charge in [-0.2, -0.15) is 5.26 Å². The van der Waals surface area contributed by atoms with Gasteiger partial charge in [-0.05, 0) is 48.0 Å². The fraction of sp³-hybridized carbons (Fsp3) is 0.0476. The largest absolute Gasteiger partial charge is 0.348 e. The standard InChI is InChI=1S/C21H16N4O2/c22-12-18-5-1-2-6-19(18)25-21(27)17-9-7-16(8-10-17)20(26)24-14-15-4-3-11-23-13-15/h1-11,13H,14H2,(H,24,26)(H,25,27). The minimum absolute atomic E-state index is 0.236. The topological polar surface area (TPSA) is 94.9 Å². The van der Waals surface area contributed by atoms with Crippen molar-refractivity contribution >= 4 is 17.5 Å². The van der Waals surface area contributed by atoms with Gasteiger partial charge in [-0.25, -0.2) is 0 Å². The molecule has 0 unspecified atom stereocenters. The number of pyridine rings is 1. The number of carbonyl (C=O) groups is 2. The van der Waals surface area contributed by atoms with Gasteiger partial charge in [0.25, 0.3) is 11.8 Å². The van der Waals surface area contributed by atoms with E-state index in [0.29, 0.717) is 28.9 Å². The molecule has 0 spiro atoms. The van der Waals surface area contributed by atoms with Crippen LogP contribution in [0.3, 0.4) is 0 Å². The van der Waals surface area contributed by atoms with E-state index in [1.54, 1.807) is 67.0 Å². The summed E-state index contributed by atoms with van der Waals surface area (Å²) in [7, 11) is 0. The monoisotopic (exact) mass is 356 g/mol. The average molecular weight is 356 g/mol. The summed E-state index contributed by atoms with van der Waals surface area (Å²) in [4.78, 5) is 28.5. The summed E-state index contributed by atoms with van der Waals surface area (Å²) in [6.07, 6.45) is 3.36. The lowest BCUT2D eigenvalue weighted by atomic mass is 10.1. The summed E-state index contributed by atoms with van der Waals surface area (Å²) < 4.78 is 0. The van der Waals surface area contributed by atoms with E-state index in [2.05, 4.69) is 15.6 Å². The van der Waals surface area contributed by atoms with Crippen molar-refractivity contribution in [1.29, 1.82) is 5.26 Å². The summed E-state index contributed by atoms with van der Waals surface area (Å²) in [5.41, 5.74) is 2.58. The number of para-hydroxylation sites is 1. The molecule has 0 saturated carbocycles. The van der Waals surface area contributed by atoms with Crippen molar-refractivity contribution in [3.8, 4) is 6.07 Å². The SMILES string of the molecule is N#Cc1ccccc1NC(=O)c1ccc(C(=O)NCc2cccnc2)cc1. The molecule has 27 heavy (non-hydrogen) atoms. The van der Waals surface area contributed by atoms with Crippen molar-refractivity contribution < 1.29 is 9.59 Å². The molecule has 0 atom stereocenters. The van der Waals surface area contributed by atoms with Crippen molar-refractivity contribution in [1.82, 2.24) is 10.3 Å². The summed E-state index contributed by atoms with van der Waals surface area (Å²) in [6.45, 7) is 0.375. The zero-order valence-electron chi connectivity index (χ0n) is 14.3. The molecule has 6 nitrogen and oxygen atoms in total. The van der Waals surface area contributed by atoms with E-state index in [4.69, 9.17) is 5.26 Å². The Bertz CT molecular complexity index is 993. The number of carbonyl (C=O) groups excluding carboxylic acids is 2. The van der Waals surface area contributed by atoms with Gasteiger partial charge in [0.15, 0.2) is 0 Å². The van der Waals surface area contributed by atoms with Crippen molar-refractivity contribution in [3.05, 3.63) is 95.3 Å². The summed E-state index contributed by atoms with van der Waals surface area (Å²) >= 11 is 0. The molecular weight excluding hydrogens is 340 g/mol. The molecular formula is C21H16N4O2. The third-order valence-electron chi connectivity index (χ3n) is 3.88. The lowest BCUT2D eigenvalue weighted by molar-refractivity contribution is 0.0949. The second kappa shape index (κ2) is 8.41. The Hall–Kier alpha value is -3.98. The highest BCUT2D eigenvalue weighted by atomic mass is 16.2. The van der Waals surface area contributed by atoms with Crippen molar-refractivity contribution in [2.75, 3.05) is 5.32 Å². The lowest BCUT2D eigenvalue weighted by Crippen LogP contribution is -2.23. The molecule has 2 aromatic carbocycles. The van der Waals surface area contributed by atoms with Crippen LogP contribution >= 0.6 is 0 Å². The minimum Gasteiger partial charge on any atom is -0.348 e. The predicted molar refractivity (Wildman–Crippen MR) is 101 cm³/mol. The van der Waals surface area contributed by atoms with Gasteiger partial charge in [-0.15, -0.1) is 0 Å². The van der Waals surface area contributed by atoms with Crippen LogP contribution in [0.1, 0.15) is 31.8 Å². The number of nitrogens with one attached hydrogen (secondary N) is 2. The first-order valence-corrected chi connectivity index (χ1v) is 8.25. The molecule has 2 amide bonds. The Labute approximate surface area is 156 Å². The molecule has 0 aliphatic heterocycles. The molecule has 3 aromatic rings. The summed E-state index contributed by atoms with van der Waals surface area (Å²) in [5.74, 6) is -0.583. The Morgan fingerprint density at radius 3 is 2.30 bits per heavy atom. The highest BCUT2D eigenvalue weighted by molar-refractivity contribution is 6.05. The molecule has 132 valence electrons. The van der Waals surface area contributed by atoms with Crippen LogP contribution in [0, 0.1) is 11.3 Å². The highest BCUT2D eigenvalue weighted by Crippen LogP contribution is 2.15. The Morgan fingerprint density at radius 2 is 1.63 bits per heavy atom. The lowest BCUT2D eigenvalue weighted by Gasteiger charge is -2.08. The first kappa shape index (κ1) is 17.8. The number of rotatable bonds is 5. The second-order valence-electron chi connectivity index (χ2n) is 5.73. The molecule has 3 rings (SSSR count). The van der Waals surface area contributed by atoms with Crippen LogP contribution in [-0.4, -0.2) is 16.8 Å². The van der Waals surface area contributed by atoms with Gasteiger partial charge in [0.1, 0.15) is 6.07 Å². The number of nitrogens with zero attached hydrogens (tertiary/aromatic N) is 2. The number of aromatic nitrogens is 1. The van der Waals surface area contributed by atoms with E-state index >= 15 is 0 Å². The van der Waals surface area contributed by atoms with E-state index in [-0.39, 0.29) is 11.8 Å². The van der Waals surface area contributed by atoms with Crippen LogP contribution in [0.5, 0.6) is 0 Å². The van der Waals surface area contributed by atoms with Crippen molar-refractivity contribution in [2.45, 2.75) is 6.54 Å². The third-order valence-corrected chi connectivity index (χ3v) is 3.88. The number of amides is 2. The van der Waals surface area contributed by atoms with Crippen molar-refractivity contribution in [3.63, 3.8) is 0 Å². The maximum absolute atomic E-state index is 12.3. The molecule has 0 radical (unpaired) electrons. The van der Waals surface area contributed by atoms with Crippen LogP contribution in [0.4, 0.5) is 5.69 Å². The Morgan fingerprint density at radius 1 is 0.926 bits per heavy atom. The zero-order valence-corrected chi connectivity index (χ0v) is 14.3. The van der Waals surface area contributed by atoms with Crippen LogP contribution in [0.25, 0.3) is 0 Å². The first-order chi connectivity index (χ1) is 13.2. The Balaban J connectivity index is 1.63. The maximum atomic E-state index is 12.3. The molecule has 6 heteroatoms. The third kappa shape index (κ3) is 4.55. The van der Waals surface area contributed by atoms with Gasteiger partial charge >= 0.3 is 0 Å². The van der Waals surface area contributed by atoms with Crippen LogP contribution in [-0.2, 0) is 6.54 Å². The summed E-state index contributed by atoms with van der Waals surface area (Å²) in [6, 6.07) is 18.8. The molecule has 1 heterocycles. The Kier molecular flexibility index (Phi) is 5.55. The van der Waals surface area contributed by atoms with E-state index in [1.165, 1.54) is 0 Å². The quantitative estimate of drug-likeness (QED) is 0.734. The number of nitriles is 1. The predicted octanol–water partition coefficient (Wildman–Crippen LogP) is 3.14. The minimum atomic E-state index is -0.347. The van der Waals surface area contributed by atoms with Gasteiger partial charge in [-0.1, -0.05) is 18.2 Å². The first-order valence-electron chi connectivity index (χ1n) is 8.25. The number of benzene rings is 2. The number of hydrogen-bond donors (Lipinski definition) is 2. The molecule has 1 aromatic heterocycles. The van der Waals surface area contributed by atoms with E-state index in [0.717, 1.165) is 5.56 Å². The average Bonchev–Trinajstić information content (AvgIpc) is 2.73. The second-order valence-corrected chi connectivity index (χ2v) is 5.73. The zero-order chi connectivity index (χ0) is 19.1. The van der Waals surface area contributed by atoms with Gasteiger partial charge in [0.05, 0.1) is 11.3 Å². The smallest absolute Gasteiger partial charge is 0.255 e. The molecule has 0 bridgehead atoms. The molecule has 2 N–H and O–H groups in total. The van der Waals surface area contributed by atoms with Gasteiger partial charge in [0, 0.05) is 30.1 Å². The van der Waals surface area contributed by atoms with Crippen LogP contribution in [0.15, 0.2) is 73.1 Å². The fourth-order valence-electron chi connectivity index (χ4n) is 2.44. The van der Waals surface area contributed by atoms with Gasteiger partial charge < -0.3 is 10.6 Å². The van der Waals surface area contributed by atoms with Gasteiger partial charge in [-0.3, -0.25) is 14.6 Å². The number of anilines is 1. The maximum Gasteiger partial charge on any atom is 0.255 e. The molecule has 0 fully saturated rings.